The van der Waals surface area contributed by atoms with Crippen molar-refractivity contribution < 1.29 is 14.0 Å². The van der Waals surface area contributed by atoms with Crippen LogP contribution < -0.4 is 16.1 Å². The van der Waals surface area contributed by atoms with Gasteiger partial charge in [-0.25, -0.2) is 5.43 Å². The largest absolute Gasteiger partial charge is 0.455 e. The van der Waals surface area contributed by atoms with Gasteiger partial charge in [0.25, 0.3) is 11.8 Å². The summed E-state index contributed by atoms with van der Waals surface area (Å²) in [5.41, 5.74) is 5.09. The number of hydrogen-bond acceptors (Lipinski definition) is 6. The Bertz CT molecular complexity index is 1070. The smallest absolute Gasteiger partial charge is 0.289 e. The average molecular weight is 452 g/mol. The molecule has 8 heteroatoms. The Kier molecular flexibility index (Phi) is 6.14. The number of hydrogen-bond donors (Lipinski definition) is 3. The SMILES string of the molecule is Cc1c(C(=O)NC2CC(C)(C)NC(C)(C)C2)oc2c1/C(=N/NC(=O)c1ccccn1)CCC2. The molecule has 176 valence electrons. The van der Waals surface area contributed by atoms with E-state index in [1.165, 1.54) is 0 Å². The molecular formula is C25H33N5O3. The molecule has 4 rings (SSSR count). The van der Waals surface area contributed by atoms with Gasteiger partial charge in [-0.05, 0) is 72.4 Å². The first-order valence-corrected chi connectivity index (χ1v) is 11.6. The third kappa shape index (κ3) is 5.16. The van der Waals surface area contributed by atoms with E-state index in [2.05, 4.69) is 53.8 Å². The van der Waals surface area contributed by atoms with Crippen LogP contribution in [0.3, 0.4) is 0 Å². The number of aryl methyl sites for hydroxylation is 1. The van der Waals surface area contributed by atoms with Gasteiger partial charge < -0.3 is 15.1 Å². The summed E-state index contributed by atoms with van der Waals surface area (Å²) in [6, 6.07) is 5.19. The molecule has 0 aromatic carbocycles. The zero-order valence-electron chi connectivity index (χ0n) is 20.0. The summed E-state index contributed by atoms with van der Waals surface area (Å²) in [5, 5.41) is 11.2. The second kappa shape index (κ2) is 8.74. The minimum atomic E-state index is -0.370. The normalized spacial score (nSPS) is 20.8. The lowest BCUT2D eigenvalue weighted by Gasteiger charge is -2.46. The molecule has 0 radical (unpaired) electrons. The molecule has 3 N–H and O–H groups in total. The quantitative estimate of drug-likeness (QED) is 0.617. The third-order valence-corrected chi connectivity index (χ3v) is 6.25. The number of nitrogens with zero attached hydrogens (tertiary/aromatic N) is 2. The Hall–Kier alpha value is -3.00. The van der Waals surface area contributed by atoms with E-state index in [9.17, 15) is 9.59 Å². The lowest BCUT2D eigenvalue weighted by Crippen LogP contribution is -2.62. The molecule has 2 aromatic heterocycles. The molecule has 33 heavy (non-hydrogen) atoms. The topological polar surface area (TPSA) is 109 Å². The van der Waals surface area contributed by atoms with E-state index in [-0.39, 0.29) is 28.9 Å². The number of piperidine rings is 1. The number of carbonyl (C=O) groups is 2. The van der Waals surface area contributed by atoms with Crippen molar-refractivity contribution >= 4 is 17.5 Å². The molecule has 3 heterocycles. The Balaban J connectivity index is 1.52. The van der Waals surface area contributed by atoms with E-state index in [1.54, 1.807) is 24.4 Å². The van der Waals surface area contributed by atoms with Crippen molar-refractivity contribution in [3.63, 3.8) is 0 Å². The molecule has 2 amide bonds. The fourth-order valence-electron chi connectivity index (χ4n) is 5.34. The van der Waals surface area contributed by atoms with Crippen molar-refractivity contribution in [2.75, 3.05) is 0 Å². The Morgan fingerprint density at radius 1 is 1.12 bits per heavy atom. The molecule has 0 bridgehead atoms. The van der Waals surface area contributed by atoms with Crippen LogP contribution in [0.25, 0.3) is 0 Å². The fraction of sp³-hybridized carbons (Fsp3) is 0.520. The molecule has 2 aliphatic rings. The van der Waals surface area contributed by atoms with Crippen molar-refractivity contribution in [3.8, 4) is 0 Å². The predicted molar refractivity (Wildman–Crippen MR) is 126 cm³/mol. The number of fused-ring (bicyclic) bond motifs is 1. The van der Waals surface area contributed by atoms with Crippen LogP contribution in [-0.2, 0) is 6.42 Å². The summed E-state index contributed by atoms with van der Waals surface area (Å²) in [4.78, 5) is 29.6. The molecule has 0 unspecified atom stereocenters. The summed E-state index contributed by atoms with van der Waals surface area (Å²) in [6.07, 6.45) is 5.53. The van der Waals surface area contributed by atoms with Gasteiger partial charge in [-0.1, -0.05) is 6.07 Å². The van der Waals surface area contributed by atoms with Crippen LogP contribution in [0.4, 0.5) is 0 Å². The van der Waals surface area contributed by atoms with Crippen LogP contribution in [0, 0.1) is 6.92 Å². The number of aromatic nitrogens is 1. The highest BCUT2D eigenvalue weighted by Gasteiger charge is 2.39. The Labute approximate surface area is 194 Å². The molecule has 1 saturated heterocycles. The summed E-state index contributed by atoms with van der Waals surface area (Å²) < 4.78 is 6.03. The number of pyridine rings is 1. The molecule has 0 saturated carbocycles. The van der Waals surface area contributed by atoms with E-state index < -0.39 is 0 Å². The standard InChI is InChI=1S/C25H33N5O3/c1-15-20-17(28-29-22(31)18-9-6-7-12-26-18)10-8-11-19(20)33-21(15)23(32)27-16-13-24(2,3)30-25(4,5)14-16/h6-7,9,12,16,30H,8,10-11,13-14H2,1-5H3,(H,27,32)(H,29,31)/b28-17+. The fourth-order valence-corrected chi connectivity index (χ4v) is 5.34. The second-order valence-corrected chi connectivity index (χ2v) is 10.4. The van der Waals surface area contributed by atoms with Crippen LogP contribution in [0.2, 0.25) is 0 Å². The van der Waals surface area contributed by atoms with Gasteiger partial charge in [-0.3, -0.25) is 14.6 Å². The predicted octanol–water partition coefficient (Wildman–Crippen LogP) is 3.49. The van der Waals surface area contributed by atoms with Gasteiger partial charge in [-0.15, -0.1) is 0 Å². The van der Waals surface area contributed by atoms with Crippen molar-refractivity contribution in [1.29, 1.82) is 0 Å². The highest BCUT2D eigenvalue weighted by atomic mass is 16.4. The van der Waals surface area contributed by atoms with E-state index >= 15 is 0 Å². The lowest BCUT2D eigenvalue weighted by molar-refractivity contribution is 0.0842. The van der Waals surface area contributed by atoms with Gasteiger partial charge in [0.15, 0.2) is 5.76 Å². The number of rotatable bonds is 4. The summed E-state index contributed by atoms with van der Waals surface area (Å²) in [7, 11) is 0. The Morgan fingerprint density at radius 2 is 1.85 bits per heavy atom. The number of amides is 2. The van der Waals surface area contributed by atoms with Crippen molar-refractivity contribution in [1.82, 2.24) is 21.0 Å². The highest BCUT2D eigenvalue weighted by molar-refractivity contribution is 6.07. The molecular weight excluding hydrogens is 418 g/mol. The van der Waals surface area contributed by atoms with Crippen LogP contribution in [-0.4, -0.2) is 39.6 Å². The highest BCUT2D eigenvalue weighted by Crippen LogP contribution is 2.32. The summed E-state index contributed by atoms with van der Waals surface area (Å²) in [6.45, 7) is 10.5. The van der Waals surface area contributed by atoms with Gasteiger partial charge in [-0.2, -0.15) is 5.10 Å². The monoisotopic (exact) mass is 451 g/mol. The maximum absolute atomic E-state index is 13.2. The lowest BCUT2D eigenvalue weighted by atomic mass is 9.79. The Morgan fingerprint density at radius 3 is 2.52 bits per heavy atom. The minimum Gasteiger partial charge on any atom is -0.455 e. The summed E-state index contributed by atoms with van der Waals surface area (Å²) >= 11 is 0. The van der Waals surface area contributed by atoms with Gasteiger partial charge in [0.2, 0.25) is 0 Å². The first-order chi connectivity index (χ1) is 15.5. The van der Waals surface area contributed by atoms with Crippen LogP contribution in [0.5, 0.6) is 0 Å². The second-order valence-electron chi connectivity index (χ2n) is 10.4. The maximum atomic E-state index is 13.2. The molecule has 0 atom stereocenters. The first kappa shape index (κ1) is 23.2. The van der Waals surface area contributed by atoms with Gasteiger partial charge in [0.1, 0.15) is 11.5 Å². The summed E-state index contributed by atoms with van der Waals surface area (Å²) in [5.74, 6) is 0.517. The molecule has 2 aromatic rings. The zero-order chi connectivity index (χ0) is 23.8. The van der Waals surface area contributed by atoms with E-state index in [1.807, 2.05) is 6.92 Å². The van der Waals surface area contributed by atoms with Crippen molar-refractivity contribution in [2.24, 2.45) is 5.10 Å². The first-order valence-electron chi connectivity index (χ1n) is 11.6. The van der Waals surface area contributed by atoms with Crippen LogP contribution in [0.1, 0.15) is 91.3 Å². The van der Waals surface area contributed by atoms with E-state index in [4.69, 9.17) is 4.42 Å². The number of furan rings is 1. The third-order valence-electron chi connectivity index (χ3n) is 6.25. The van der Waals surface area contributed by atoms with Crippen LogP contribution >= 0.6 is 0 Å². The van der Waals surface area contributed by atoms with Gasteiger partial charge in [0.05, 0.1) is 5.71 Å². The number of nitrogens with one attached hydrogen (secondary N) is 3. The molecule has 1 aliphatic carbocycles. The van der Waals surface area contributed by atoms with Crippen LogP contribution in [0.15, 0.2) is 33.9 Å². The molecule has 1 aliphatic heterocycles. The molecule has 0 spiro atoms. The molecule has 1 fully saturated rings. The average Bonchev–Trinajstić information content (AvgIpc) is 3.07. The number of carbonyl (C=O) groups excluding carboxylic acids is 2. The maximum Gasteiger partial charge on any atom is 0.289 e. The van der Waals surface area contributed by atoms with E-state index in [0.717, 1.165) is 48.3 Å². The number of hydrazone groups is 1. The van der Waals surface area contributed by atoms with E-state index in [0.29, 0.717) is 17.9 Å². The van der Waals surface area contributed by atoms with Gasteiger partial charge in [0, 0.05) is 40.9 Å². The van der Waals surface area contributed by atoms with Crippen molar-refractivity contribution in [3.05, 3.63) is 52.7 Å². The molecule has 8 nitrogen and oxygen atoms in total. The zero-order valence-corrected chi connectivity index (χ0v) is 20.0. The minimum absolute atomic E-state index is 0.0519. The van der Waals surface area contributed by atoms with Gasteiger partial charge >= 0.3 is 0 Å². The van der Waals surface area contributed by atoms with Crippen molar-refractivity contribution in [2.45, 2.75) is 83.8 Å².